The Labute approximate surface area is 110 Å². The van der Waals surface area contributed by atoms with Crippen molar-refractivity contribution in [3.63, 3.8) is 0 Å². The number of benzene rings is 2. The minimum absolute atomic E-state index is 0.563. The van der Waals surface area contributed by atoms with Gasteiger partial charge in [0.25, 0.3) is 0 Å². The molecular weight excluding hydrogens is 276 g/mol. The van der Waals surface area contributed by atoms with Gasteiger partial charge in [0.2, 0.25) is 0 Å². The molecule has 0 aliphatic rings. The zero-order valence-corrected chi connectivity index (χ0v) is 11.5. The first-order valence-corrected chi connectivity index (χ1v) is 6.38. The van der Waals surface area contributed by atoms with Crippen molar-refractivity contribution in [2.75, 3.05) is 0 Å². The largest absolute Gasteiger partial charge is 0.384 e. The minimum Gasteiger partial charge on any atom is -0.384 e. The molecule has 2 heteroatoms. The third-order valence-electron chi connectivity index (χ3n) is 3.11. The smallest absolute Gasteiger partial charge is 0.104 e. The number of aliphatic hydroxyl groups excluding tert-OH is 1. The lowest BCUT2D eigenvalue weighted by molar-refractivity contribution is 0.219. The first-order valence-electron chi connectivity index (χ1n) is 5.59. The first-order chi connectivity index (χ1) is 8.09. The van der Waals surface area contributed by atoms with Gasteiger partial charge in [-0.25, -0.2) is 0 Å². The summed E-state index contributed by atoms with van der Waals surface area (Å²) in [6, 6.07) is 13.8. The molecule has 0 saturated carbocycles. The van der Waals surface area contributed by atoms with Gasteiger partial charge < -0.3 is 5.11 Å². The van der Waals surface area contributed by atoms with E-state index in [0.29, 0.717) is 0 Å². The molecule has 2 aromatic rings. The summed E-state index contributed by atoms with van der Waals surface area (Å²) < 4.78 is 0.986. The maximum Gasteiger partial charge on any atom is 0.104 e. The van der Waals surface area contributed by atoms with E-state index in [4.69, 9.17) is 0 Å². The fourth-order valence-electron chi connectivity index (χ4n) is 1.93. The molecule has 0 aromatic heterocycles. The highest BCUT2D eigenvalue weighted by atomic mass is 79.9. The number of halogens is 1. The van der Waals surface area contributed by atoms with Crippen molar-refractivity contribution in [2.24, 2.45) is 0 Å². The average Bonchev–Trinajstić information content (AvgIpc) is 2.32. The monoisotopic (exact) mass is 290 g/mol. The van der Waals surface area contributed by atoms with Crippen LogP contribution in [0.4, 0.5) is 0 Å². The van der Waals surface area contributed by atoms with Crippen LogP contribution in [0.5, 0.6) is 0 Å². The fourth-order valence-corrected chi connectivity index (χ4v) is 2.34. The zero-order chi connectivity index (χ0) is 12.4. The van der Waals surface area contributed by atoms with E-state index in [9.17, 15) is 5.11 Å². The molecule has 1 nitrogen and oxygen atoms in total. The van der Waals surface area contributed by atoms with Crippen LogP contribution in [0.25, 0.3) is 0 Å². The second-order valence-electron chi connectivity index (χ2n) is 4.25. The van der Waals surface area contributed by atoms with E-state index >= 15 is 0 Å². The Bertz CT molecular complexity index is 534. The summed E-state index contributed by atoms with van der Waals surface area (Å²) in [4.78, 5) is 0. The van der Waals surface area contributed by atoms with Gasteiger partial charge in [-0.05, 0) is 48.2 Å². The Morgan fingerprint density at radius 1 is 1.06 bits per heavy atom. The Morgan fingerprint density at radius 2 is 1.76 bits per heavy atom. The molecule has 0 bridgehead atoms. The highest BCUT2D eigenvalue weighted by Gasteiger charge is 2.13. The van der Waals surface area contributed by atoms with Gasteiger partial charge in [-0.2, -0.15) is 0 Å². The summed E-state index contributed by atoms with van der Waals surface area (Å²) in [6.07, 6.45) is -0.563. The van der Waals surface area contributed by atoms with Gasteiger partial charge in [0, 0.05) is 4.47 Å². The predicted octanol–water partition coefficient (Wildman–Crippen LogP) is 4.15. The molecule has 2 rings (SSSR count). The Morgan fingerprint density at radius 3 is 2.47 bits per heavy atom. The summed E-state index contributed by atoms with van der Waals surface area (Å²) >= 11 is 3.42. The fraction of sp³-hybridized carbons (Fsp3) is 0.200. The lowest BCUT2D eigenvalue weighted by atomic mass is 9.95. The quantitative estimate of drug-likeness (QED) is 0.881. The molecule has 0 heterocycles. The van der Waals surface area contributed by atoms with Crippen LogP contribution in [0.3, 0.4) is 0 Å². The van der Waals surface area contributed by atoms with E-state index in [1.807, 2.05) is 43.3 Å². The summed E-state index contributed by atoms with van der Waals surface area (Å²) in [5.41, 5.74) is 4.24. The average molecular weight is 291 g/mol. The Hall–Kier alpha value is -1.12. The van der Waals surface area contributed by atoms with Gasteiger partial charge in [-0.1, -0.05) is 46.3 Å². The molecule has 0 amide bonds. The van der Waals surface area contributed by atoms with Gasteiger partial charge in [-0.15, -0.1) is 0 Å². The summed E-state index contributed by atoms with van der Waals surface area (Å²) in [5, 5.41) is 10.4. The number of rotatable bonds is 2. The second kappa shape index (κ2) is 5.03. The maximum absolute atomic E-state index is 10.4. The van der Waals surface area contributed by atoms with E-state index in [1.54, 1.807) is 0 Å². The lowest BCUT2D eigenvalue weighted by Crippen LogP contribution is -2.02. The molecule has 0 fully saturated rings. The van der Waals surface area contributed by atoms with Crippen molar-refractivity contribution in [3.05, 3.63) is 69.2 Å². The van der Waals surface area contributed by atoms with Gasteiger partial charge in [0.1, 0.15) is 6.10 Å². The van der Waals surface area contributed by atoms with E-state index in [1.165, 1.54) is 5.56 Å². The van der Waals surface area contributed by atoms with Crippen LogP contribution in [-0.4, -0.2) is 5.11 Å². The van der Waals surface area contributed by atoms with Crippen molar-refractivity contribution in [2.45, 2.75) is 20.0 Å². The molecule has 0 spiro atoms. The highest BCUT2D eigenvalue weighted by molar-refractivity contribution is 9.10. The maximum atomic E-state index is 10.4. The van der Waals surface area contributed by atoms with Crippen LogP contribution >= 0.6 is 15.9 Å². The molecule has 0 unspecified atom stereocenters. The SMILES string of the molecule is Cc1cccc([C@H](O)c2cccc(Br)c2)c1C. The van der Waals surface area contributed by atoms with Gasteiger partial charge in [0.15, 0.2) is 0 Å². The van der Waals surface area contributed by atoms with E-state index < -0.39 is 6.10 Å². The normalized spacial score (nSPS) is 12.5. The van der Waals surface area contributed by atoms with Crippen LogP contribution in [0.2, 0.25) is 0 Å². The molecule has 0 aliphatic carbocycles. The molecule has 0 saturated heterocycles. The van der Waals surface area contributed by atoms with Crippen LogP contribution < -0.4 is 0 Å². The molecule has 1 N–H and O–H groups in total. The molecule has 17 heavy (non-hydrogen) atoms. The number of hydrogen-bond donors (Lipinski definition) is 1. The van der Waals surface area contributed by atoms with Crippen molar-refractivity contribution < 1.29 is 5.11 Å². The Kier molecular flexibility index (Phi) is 3.65. The number of hydrogen-bond acceptors (Lipinski definition) is 1. The van der Waals surface area contributed by atoms with Crippen molar-refractivity contribution in [1.29, 1.82) is 0 Å². The Balaban J connectivity index is 2.44. The lowest BCUT2D eigenvalue weighted by Gasteiger charge is -2.15. The van der Waals surface area contributed by atoms with Crippen molar-refractivity contribution in [3.8, 4) is 0 Å². The number of aliphatic hydroxyl groups is 1. The third-order valence-corrected chi connectivity index (χ3v) is 3.60. The van der Waals surface area contributed by atoms with E-state index in [0.717, 1.165) is 21.2 Å². The summed E-state index contributed by atoms with van der Waals surface area (Å²) in [7, 11) is 0. The minimum atomic E-state index is -0.563. The molecule has 0 aliphatic heterocycles. The molecule has 1 atom stereocenters. The molecule has 0 radical (unpaired) electrons. The highest BCUT2D eigenvalue weighted by Crippen LogP contribution is 2.27. The standard InChI is InChI=1S/C15H15BrO/c1-10-5-3-8-14(11(10)2)15(17)12-6-4-7-13(16)9-12/h3-9,15,17H,1-2H3/t15-/m1/s1. The van der Waals surface area contributed by atoms with Crippen molar-refractivity contribution in [1.82, 2.24) is 0 Å². The van der Waals surface area contributed by atoms with Crippen molar-refractivity contribution >= 4 is 15.9 Å². The molecule has 2 aromatic carbocycles. The molecule has 88 valence electrons. The topological polar surface area (TPSA) is 20.2 Å². The predicted molar refractivity (Wildman–Crippen MR) is 74.1 cm³/mol. The van der Waals surface area contributed by atoms with E-state index in [-0.39, 0.29) is 0 Å². The van der Waals surface area contributed by atoms with Gasteiger partial charge >= 0.3 is 0 Å². The van der Waals surface area contributed by atoms with Crippen LogP contribution in [0, 0.1) is 13.8 Å². The van der Waals surface area contributed by atoms with Crippen LogP contribution in [0.15, 0.2) is 46.9 Å². The molecular formula is C15H15BrO. The summed E-state index contributed by atoms with van der Waals surface area (Å²) in [6.45, 7) is 4.11. The summed E-state index contributed by atoms with van der Waals surface area (Å²) in [5.74, 6) is 0. The van der Waals surface area contributed by atoms with E-state index in [2.05, 4.69) is 28.9 Å². The van der Waals surface area contributed by atoms with Crippen LogP contribution in [-0.2, 0) is 0 Å². The first kappa shape index (κ1) is 12.3. The second-order valence-corrected chi connectivity index (χ2v) is 5.16. The zero-order valence-electron chi connectivity index (χ0n) is 9.94. The number of aryl methyl sites for hydroxylation is 1. The third kappa shape index (κ3) is 2.59. The van der Waals surface area contributed by atoms with Gasteiger partial charge in [-0.3, -0.25) is 0 Å². The van der Waals surface area contributed by atoms with Crippen LogP contribution in [0.1, 0.15) is 28.4 Å². The van der Waals surface area contributed by atoms with Gasteiger partial charge in [0.05, 0.1) is 0 Å².